The smallest absolute Gasteiger partial charge is 0.407 e. The van der Waals surface area contributed by atoms with Crippen LogP contribution in [-0.4, -0.2) is 30.3 Å². The fourth-order valence-corrected chi connectivity index (χ4v) is 3.59. The third-order valence-corrected chi connectivity index (χ3v) is 5.37. The van der Waals surface area contributed by atoms with Gasteiger partial charge in [0.15, 0.2) is 0 Å². The predicted octanol–water partition coefficient (Wildman–Crippen LogP) is 3.85. The Morgan fingerprint density at radius 1 is 1.18 bits per heavy atom. The molecule has 1 amide bonds. The van der Waals surface area contributed by atoms with E-state index in [1.807, 2.05) is 20.8 Å². The van der Waals surface area contributed by atoms with Crippen molar-refractivity contribution in [2.45, 2.75) is 83.8 Å². The first-order valence-electron chi connectivity index (χ1n) is 9.03. The number of ether oxygens (including phenoxy) is 1. The van der Waals surface area contributed by atoms with Crippen molar-refractivity contribution in [1.29, 1.82) is 0 Å². The fraction of sp³-hybridized carbons (Fsp3) is 0.944. The lowest BCUT2D eigenvalue weighted by Gasteiger charge is -2.45. The van der Waals surface area contributed by atoms with E-state index >= 15 is 0 Å². The first-order valence-corrected chi connectivity index (χ1v) is 9.03. The molecular weight excluding hydrogens is 276 g/mol. The lowest BCUT2D eigenvalue weighted by molar-refractivity contribution is 0.0475. The van der Waals surface area contributed by atoms with Gasteiger partial charge in [-0.15, -0.1) is 0 Å². The van der Waals surface area contributed by atoms with Crippen LogP contribution in [0.15, 0.2) is 0 Å². The monoisotopic (exact) mass is 310 g/mol. The third-order valence-electron chi connectivity index (χ3n) is 5.37. The molecule has 0 aromatic heterocycles. The summed E-state index contributed by atoms with van der Waals surface area (Å²) in [6, 6.07) is 0. The van der Waals surface area contributed by atoms with Crippen LogP contribution in [0.3, 0.4) is 0 Å². The van der Waals surface area contributed by atoms with E-state index < -0.39 is 5.60 Å². The van der Waals surface area contributed by atoms with Crippen molar-refractivity contribution in [2.24, 2.45) is 11.8 Å². The SMILES string of the molecule is CC1CCCCC1(CNC(=O)OC(C)(C)C)NCC1CCC1. The first kappa shape index (κ1) is 17.6. The average molecular weight is 310 g/mol. The maximum atomic E-state index is 12.0. The highest BCUT2D eigenvalue weighted by Crippen LogP contribution is 2.34. The Morgan fingerprint density at radius 3 is 2.45 bits per heavy atom. The lowest BCUT2D eigenvalue weighted by atomic mass is 9.72. The molecule has 2 aliphatic rings. The Hall–Kier alpha value is -0.770. The Morgan fingerprint density at radius 2 is 1.91 bits per heavy atom. The molecule has 0 heterocycles. The molecule has 0 aromatic carbocycles. The minimum Gasteiger partial charge on any atom is -0.444 e. The van der Waals surface area contributed by atoms with Gasteiger partial charge in [-0.2, -0.15) is 0 Å². The highest BCUT2D eigenvalue weighted by atomic mass is 16.6. The number of alkyl carbamates (subject to hydrolysis) is 1. The van der Waals surface area contributed by atoms with E-state index in [-0.39, 0.29) is 11.6 Å². The zero-order valence-corrected chi connectivity index (χ0v) is 14.8. The summed E-state index contributed by atoms with van der Waals surface area (Å²) in [7, 11) is 0. The molecule has 128 valence electrons. The van der Waals surface area contributed by atoms with Crippen LogP contribution in [0.5, 0.6) is 0 Å². The van der Waals surface area contributed by atoms with E-state index in [1.54, 1.807) is 0 Å². The molecule has 0 aliphatic heterocycles. The number of carbonyl (C=O) groups excluding carboxylic acids is 1. The second-order valence-electron chi connectivity index (χ2n) is 8.34. The topological polar surface area (TPSA) is 50.4 Å². The normalized spacial score (nSPS) is 29.7. The first-order chi connectivity index (χ1) is 10.3. The van der Waals surface area contributed by atoms with Crippen LogP contribution in [0.2, 0.25) is 0 Å². The molecule has 4 nitrogen and oxygen atoms in total. The van der Waals surface area contributed by atoms with Gasteiger partial charge in [0.1, 0.15) is 5.60 Å². The predicted molar refractivity (Wildman–Crippen MR) is 89.9 cm³/mol. The second-order valence-corrected chi connectivity index (χ2v) is 8.34. The van der Waals surface area contributed by atoms with Gasteiger partial charge in [0.05, 0.1) is 0 Å². The summed E-state index contributed by atoms with van der Waals surface area (Å²) in [6.07, 6.45) is 8.75. The van der Waals surface area contributed by atoms with Crippen molar-refractivity contribution in [3.8, 4) is 0 Å². The van der Waals surface area contributed by atoms with Crippen molar-refractivity contribution in [1.82, 2.24) is 10.6 Å². The minimum absolute atomic E-state index is 0.0464. The molecule has 0 bridgehead atoms. The Kier molecular flexibility index (Phi) is 5.76. The van der Waals surface area contributed by atoms with Crippen molar-refractivity contribution in [3.63, 3.8) is 0 Å². The molecule has 0 radical (unpaired) electrons. The number of amides is 1. The van der Waals surface area contributed by atoms with E-state index in [2.05, 4.69) is 17.6 Å². The summed E-state index contributed by atoms with van der Waals surface area (Å²) >= 11 is 0. The standard InChI is InChI=1S/C18H34N2O2/c1-14-8-5-6-11-18(14,20-12-15-9-7-10-15)13-19-16(21)22-17(2,3)4/h14-15,20H,5-13H2,1-4H3,(H,19,21). The number of rotatable bonds is 5. The summed E-state index contributed by atoms with van der Waals surface area (Å²) < 4.78 is 5.39. The molecular formula is C18H34N2O2. The van der Waals surface area contributed by atoms with Crippen molar-refractivity contribution in [3.05, 3.63) is 0 Å². The van der Waals surface area contributed by atoms with Crippen LogP contribution >= 0.6 is 0 Å². The molecule has 2 saturated carbocycles. The third kappa shape index (κ3) is 4.87. The highest BCUT2D eigenvalue weighted by molar-refractivity contribution is 5.67. The van der Waals surface area contributed by atoms with Gasteiger partial charge in [-0.25, -0.2) is 4.79 Å². The molecule has 0 spiro atoms. The summed E-state index contributed by atoms with van der Waals surface area (Å²) in [5.74, 6) is 1.43. The zero-order valence-electron chi connectivity index (χ0n) is 14.8. The molecule has 0 saturated heterocycles. The number of nitrogens with one attached hydrogen (secondary N) is 2. The summed E-state index contributed by atoms with van der Waals surface area (Å²) in [4.78, 5) is 12.0. The van der Waals surface area contributed by atoms with Crippen LogP contribution < -0.4 is 10.6 Å². The molecule has 2 rings (SSSR count). The fourth-order valence-electron chi connectivity index (χ4n) is 3.59. The minimum atomic E-state index is -0.436. The highest BCUT2D eigenvalue weighted by Gasteiger charge is 2.39. The van der Waals surface area contributed by atoms with E-state index in [0.29, 0.717) is 12.5 Å². The molecule has 2 atom stereocenters. The van der Waals surface area contributed by atoms with Gasteiger partial charge in [0, 0.05) is 12.1 Å². The Labute approximate surface area is 135 Å². The molecule has 2 N–H and O–H groups in total. The molecule has 0 aromatic rings. The average Bonchev–Trinajstić information content (AvgIpc) is 2.35. The zero-order chi connectivity index (χ0) is 16.2. The van der Waals surface area contributed by atoms with Gasteiger partial charge in [0.25, 0.3) is 0 Å². The Balaban J connectivity index is 1.90. The van der Waals surface area contributed by atoms with Gasteiger partial charge >= 0.3 is 6.09 Å². The number of hydrogen-bond donors (Lipinski definition) is 2. The van der Waals surface area contributed by atoms with Gasteiger partial charge in [0.2, 0.25) is 0 Å². The molecule has 2 fully saturated rings. The Bertz CT molecular complexity index is 374. The van der Waals surface area contributed by atoms with Crippen LogP contribution in [-0.2, 0) is 4.74 Å². The van der Waals surface area contributed by atoms with Gasteiger partial charge in [-0.3, -0.25) is 0 Å². The number of carbonyl (C=O) groups is 1. The van der Waals surface area contributed by atoms with Crippen LogP contribution in [0.1, 0.15) is 72.6 Å². The van der Waals surface area contributed by atoms with Gasteiger partial charge in [-0.1, -0.05) is 26.2 Å². The van der Waals surface area contributed by atoms with Crippen molar-refractivity contribution >= 4 is 6.09 Å². The van der Waals surface area contributed by atoms with E-state index in [4.69, 9.17) is 4.74 Å². The number of hydrogen-bond acceptors (Lipinski definition) is 3. The summed E-state index contributed by atoms with van der Waals surface area (Å²) in [6.45, 7) is 9.81. The quantitative estimate of drug-likeness (QED) is 0.811. The molecule has 4 heteroatoms. The van der Waals surface area contributed by atoms with Gasteiger partial charge < -0.3 is 15.4 Å². The van der Waals surface area contributed by atoms with Gasteiger partial charge in [-0.05, 0) is 64.8 Å². The van der Waals surface area contributed by atoms with Crippen LogP contribution in [0, 0.1) is 11.8 Å². The van der Waals surface area contributed by atoms with E-state index in [1.165, 1.54) is 38.5 Å². The molecule has 2 unspecified atom stereocenters. The maximum absolute atomic E-state index is 12.0. The summed E-state index contributed by atoms with van der Waals surface area (Å²) in [5.41, 5.74) is -0.389. The van der Waals surface area contributed by atoms with E-state index in [0.717, 1.165) is 18.9 Å². The molecule has 22 heavy (non-hydrogen) atoms. The van der Waals surface area contributed by atoms with Crippen molar-refractivity contribution in [2.75, 3.05) is 13.1 Å². The summed E-state index contributed by atoms with van der Waals surface area (Å²) in [5, 5.41) is 6.85. The maximum Gasteiger partial charge on any atom is 0.407 e. The lowest BCUT2D eigenvalue weighted by Crippen LogP contribution is -2.60. The van der Waals surface area contributed by atoms with Crippen LogP contribution in [0.25, 0.3) is 0 Å². The largest absolute Gasteiger partial charge is 0.444 e. The molecule has 2 aliphatic carbocycles. The van der Waals surface area contributed by atoms with E-state index in [9.17, 15) is 4.79 Å². The van der Waals surface area contributed by atoms with Crippen molar-refractivity contribution < 1.29 is 9.53 Å². The second kappa shape index (κ2) is 7.20. The van der Waals surface area contributed by atoms with Crippen LogP contribution in [0.4, 0.5) is 4.79 Å².